The molecule has 0 saturated heterocycles. The molecule has 0 spiro atoms. The van der Waals surface area contributed by atoms with E-state index in [0.29, 0.717) is 19.4 Å². The number of hydrogen-bond acceptors (Lipinski definition) is 5. The molecular formula is C19H17BrN6OS. The van der Waals surface area contributed by atoms with E-state index >= 15 is 0 Å². The van der Waals surface area contributed by atoms with Gasteiger partial charge in [0.15, 0.2) is 0 Å². The van der Waals surface area contributed by atoms with Crippen LogP contribution >= 0.6 is 27.3 Å². The van der Waals surface area contributed by atoms with Gasteiger partial charge in [-0.05, 0) is 18.2 Å². The summed E-state index contributed by atoms with van der Waals surface area (Å²) in [4.78, 5) is 35.1. The number of aryl methyl sites for hydroxylation is 1. The minimum absolute atomic E-state index is 0.0930. The molecule has 2 N–H and O–H groups in total. The van der Waals surface area contributed by atoms with E-state index in [1.165, 1.54) is 0 Å². The Kier molecular flexibility index (Phi) is 4.48. The summed E-state index contributed by atoms with van der Waals surface area (Å²) < 4.78 is 0.982. The van der Waals surface area contributed by atoms with Gasteiger partial charge in [0.05, 0.1) is 28.1 Å². The molecule has 0 fully saturated rings. The topological polar surface area (TPSA) is 90.6 Å². The van der Waals surface area contributed by atoms with Crippen molar-refractivity contribution < 1.29 is 4.79 Å². The predicted octanol–water partition coefficient (Wildman–Crippen LogP) is 3.61. The van der Waals surface area contributed by atoms with Crippen molar-refractivity contribution in [2.45, 2.75) is 25.3 Å². The number of benzene rings is 1. The number of fused-ring (bicyclic) bond motifs is 2. The van der Waals surface area contributed by atoms with Gasteiger partial charge in [-0.15, -0.1) is 11.3 Å². The SMILES string of the molecule is O=C(CCc1nccs1)N1CCc2[nH]cnc2[C@H]1c1nc2ccc(Br)cc2[nH]1. The molecule has 7 nitrogen and oxygen atoms in total. The first-order valence-corrected chi connectivity index (χ1v) is 10.7. The fourth-order valence-electron chi connectivity index (χ4n) is 3.69. The van der Waals surface area contributed by atoms with Crippen molar-refractivity contribution >= 4 is 44.2 Å². The van der Waals surface area contributed by atoms with Crippen molar-refractivity contribution in [3.63, 3.8) is 0 Å². The Balaban J connectivity index is 1.49. The standard InChI is InChI=1S/C19H17BrN6OS/c20-11-1-2-12-14(9-11)25-19(24-12)18-17-13(22-10-23-17)5-7-26(18)16(27)4-3-15-21-6-8-28-15/h1-2,6,8-10,18H,3-5,7H2,(H,22,23)(H,24,25)/t18-/m0/s1. The lowest BCUT2D eigenvalue weighted by molar-refractivity contribution is -0.133. The maximum absolute atomic E-state index is 13.1. The van der Waals surface area contributed by atoms with E-state index in [4.69, 9.17) is 4.98 Å². The number of hydrogen-bond donors (Lipinski definition) is 2. The number of aromatic nitrogens is 5. The highest BCUT2D eigenvalue weighted by Crippen LogP contribution is 2.33. The molecule has 3 aromatic heterocycles. The first-order valence-electron chi connectivity index (χ1n) is 9.04. The molecule has 4 aromatic rings. The van der Waals surface area contributed by atoms with Crippen molar-refractivity contribution in [2.24, 2.45) is 0 Å². The average molecular weight is 457 g/mol. The van der Waals surface area contributed by atoms with Gasteiger partial charge in [-0.1, -0.05) is 15.9 Å². The van der Waals surface area contributed by atoms with Gasteiger partial charge in [0.1, 0.15) is 11.9 Å². The molecule has 1 atom stereocenters. The molecule has 0 aliphatic carbocycles. The number of nitrogens with zero attached hydrogens (tertiary/aromatic N) is 4. The van der Waals surface area contributed by atoms with E-state index in [0.717, 1.165) is 44.1 Å². The fraction of sp³-hybridized carbons (Fsp3) is 0.263. The zero-order chi connectivity index (χ0) is 19.1. The summed E-state index contributed by atoms with van der Waals surface area (Å²) in [5, 5.41) is 2.92. The van der Waals surface area contributed by atoms with Gasteiger partial charge in [0.2, 0.25) is 5.91 Å². The second-order valence-electron chi connectivity index (χ2n) is 6.72. The second-order valence-corrected chi connectivity index (χ2v) is 8.61. The van der Waals surface area contributed by atoms with Gasteiger partial charge in [-0.2, -0.15) is 0 Å². The Morgan fingerprint density at radius 1 is 1.36 bits per heavy atom. The van der Waals surface area contributed by atoms with Crippen LogP contribution in [0.2, 0.25) is 0 Å². The lowest BCUT2D eigenvalue weighted by Crippen LogP contribution is -2.41. The van der Waals surface area contributed by atoms with Crippen LogP contribution in [0.15, 0.2) is 40.6 Å². The van der Waals surface area contributed by atoms with Gasteiger partial charge in [-0.25, -0.2) is 15.0 Å². The summed E-state index contributed by atoms with van der Waals surface area (Å²) in [6.07, 6.45) is 5.31. The molecular weight excluding hydrogens is 440 g/mol. The van der Waals surface area contributed by atoms with Gasteiger partial charge >= 0.3 is 0 Å². The molecule has 1 aliphatic rings. The molecule has 0 unspecified atom stereocenters. The number of carbonyl (C=O) groups excluding carboxylic acids is 1. The Bertz CT molecular complexity index is 1130. The first kappa shape index (κ1) is 17.6. The number of aromatic amines is 2. The highest BCUT2D eigenvalue weighted by Gasteiger charge is 2.35. The molecule has 1 amide bonds. The number of amides is 1. The van der Waals surface area contributed by atoms with Crippen molar-refractivity contribution in [3.05, 3.63) is 62.8 Å². The van der Waals surface area contributed by atoms with Crippen LogP contribution in [0, 0.1) is 0 Å². The van der Waals surface area contributed by atoms with E-state index in [2.05, 4.69) is 35.9 Å². The Labute approximate surface area is 173 Å². The summed E-state index contributed by atoms with van der Waals surface area (Å²) in [5.41, 5.74) is 3.74. The summed E-state index contributed by atoms with van der Waals surface area (Å²) in [6, 6.07) is 5.60. The van der Waals surface area contributed by atoms with Gasteiger partial charge in [-0.3, -0.25) is 4.79 Å². The maximum atomic E-state index is 13.1. The van der Waals surface area contributed by atoms with Crippen molar-refractivity contribution in [2.75, 3.05) is 6.54 Å². The molecule has 0 radical (unpaired) electrons. The third-order valence-electron chi connectivity index (χ3n) is 5.00. The number of carbonyl (C=O) groups is 1. The molecule has 1 aliphatic heterocycles. The van der Waals surface area contributed by atoms with Crippen LogP contribution < -0.4 is 0 Å². The van der Waals surface area contributed by atoms with Gasteiger partial charge in [0.25, 0.3) is 0 Å². The van der Waals surface area contributed by atoms with Gasteiger partial charge < -0.3 is 14.9 Å². The van der Waals surface area contributed by atoms with Crippen LogP contribution in [0.3, 0.4) is 0 Å². The molecule has 0 bridgehead atoms. The van der Waals surface area contributed by atoms with E-state index in [-0.39, 0.29) is 11.9 Å². The second kappa shape index (κ2) is 7.14. The van der Waals surface area contributed by atoms with Gasteiger partial charge in [0, 0.05) is 47.6 Å². The van der Waals surface area contributed by atoms with Crippen LogP contribution in [0.4, 0.5) is 0 Å². The molecule has 1 aromatic carbocycles. The van der Waals surface area contributed by atoms with E-state index < -0.39 is 0 Å². The fourth-order valence-corrected chi connectivity index (χ4v) is 4.67. The lowest BCUT2D eigenvalue weighted by Gasteiger charge is -2.33. The maximum Gasteiger partial charge on any atom is 0.223 e. The predicted molar refractivity (Wildman–Crippen MR) is 110 cm³/mol. The monoisotopic (exact) mass is 456 g/mol. The van der Waals surface area contributed by atoms with Crippen molar-refractivity contribution in [1.29, 1.82) is 0 Å². The van der Waals surface area contributed by atoms with Crippen LogP contribution in [-0.2, 0) is 17.6 Å². The Morgan fingerprint density at radius 2 is 2.29 bits per heavy atom. The van der Waals surface area contributed by atoms with Crippen molar-refractivity contribution in [3.8, 4) is 0 Å². The number of imidazole rings is 2. The Morgan fingerprint density at radius 3 is 3.14 bits per heavy atom. The quantitative estimate of drug-likeness (QED) is 0.490. The minimum atomic E-state index is -0.315. The molecule has 4 heterocycles. The van der Waals surface area contributed by atoms with E-state index in [1.807, 2.05) is 28.5 Å². The minimum Gasteiger partial charge on any atom is -0.348 e. The number of H-pyrrole nitrogens is 2. The highest BCUT2D eigenvalue weighted by atomic mass is 79.9. The summed E-state index contributed by atoms with van der Waals surface area (Å²) in [5.74, 6) is 0.833. The molecule has 142 valence electrons. The summed E-state index contributed by atoms with van der Waals surface area (Å²) >= 11 is 5.08. The summed E-state index contributed by atoms with van der Waals surface area (Å²) in [6.45, 7) is 0.636. The number of rotatable bonds is 4. The zero-order valence-electron chi connectivity index (χ0n) is 14.9. The number of nitrogens with one attached hydrogen (secondary N) is 2. The number of thiazole rings is 1. The van der Waals surface area contributed by atoms with E-state index in [1.54, 1.807) is 23.9 Å². The first-order chi connectivity index (χ1) is 13.7. The number of halogens is 1. The third-order valence-corrected chi connectivity index (χ3v) is 6.34. The zero-order valence-corrected chi connectivity index (χ0v) is 17.3. The average Bonchev–Trinajstić information content (AvgIpc) is 3.44. The highest BCUT2D eigenvalue weighted by molar-refractivity contribution is 9.10. The largest absolute Gasteiger partial charge is 0.348 e. The molecule has 0 saturated carbocycles. The van der Waals surface area contributed by atoms with Crippen LogP contribution in [-0.4, -0.2) is 42.3 Å². The van der Waals surface area contributed by atoms with Crippen LogP contribution in [0.1, 0.15) is 34.7 Å². The van der Waals surface area contributed by atoms with Crippen LogP contribution in [0.25, 0.3) is 11.0 Å². The van der Waals surface area contributed by atoms with Crippen molar-refractivity contribution in [1.82, 2.24) is 29.8 Å². The molecule has 5 rings (SSSR count). The normalized spacial score (nSPS) is 16.5. The third kappa shape index (κ3) is 3.14. The summed E-state index contributed by atoms with van der Waals surface area (Å²) in [7, 11) is 0. The van der Waals surface area contributed by atoms with Crippen LogP contribution in [0.5, 0.6) is 0 Å². The van der Waals surface area contributed by atoms with E-state index in [9.17, 15) is 4.79 Å². The molecule has 9 heteroatoms. The smallest absolute Gasteiger partial charge is 0.223 e. The Hall–Kier alpha value is -2.52. The lowest BCUT2D eigenvalue weighted by atomic mass is 10.0. The molecule has 28 heavy (non-hydrogen) atoms.